The smallest absolute Gasteiger partial charge is 0.307 e. The third-order valence-corrected chi connectivity index (χ3v) is 2.56. The fraction of sp³-hybridized carbons (Fsp3) is 0.385. The van der Waals surface area contributed by atoms with E-state index in [4.69, 9.17) is 0 Å². The average molecular weight is 271 g/mol. The van der Waals surface area contributed by atoms with Crippen LogP contribution >= 0.6 is 0 Å². The maximum Gasteiger partial charge on any atom is 0.307 e. The maximum atomic E-state index is 13.5. The van der Waals surface area contributed by atoms with E-state index in [-0.39, 0.29) is 12.0 Å². The molecule has 0 saturated carbocycles. The number of hydrogen-bond donors (Lipinski definition) is 1. The molecule has 1 atom stereocenters. The zero-order chi connectivity index (χ0) is 14.4. The zero-order valence-electron chi connectivity index (χ0n) is 10.7. The number of esters is 1. The van der Waals surface area contributed by atoms with Gasteiger partial charge in [0.1, 0.15) is 11.6 Å². The molecule has 0 aromatic heterocycles. The minimum atomic E-state index is -0.936. The van der Waals surface area contributed by atoms with E-state index in [0.29, 0.717) is 6.54 Å². The molecule has 1 rings (SSSR count). The molecule has 1 aromatic carbocycles. The number of rotatable bonds is 6. The highest BCUT2D eigenvalue weighted by molar-refractivity contribution is 6.02. The standard InChI is InChI=1S/C13H15F2NO3/c1-3-16-11(7-12(17)19-2)13(18)9-6-8(14)4-5-10(9)15/h4-6,11,16H,3,7H2,1-2H3. The Morgan fingerprint density at radius 1 is 1.37 bits per heavy atom. The van der Waals surface area contributed by atoms with Crippen molar-refractivity contribution in [3.63, 3.8) is 0 Å². The van der Waals surface area contributed by atoms with Crippen molar-refractivity contribution in [3.05, 3.63) is 35.4 Å². The first-order valence-electron chi connectivity index (χ1n) is 5.79. The van der Waals surface area contributed by atoms with Crippen molar-refractivity contribution >= 4 is 11.8 Å². The number of ether oxygens (including phenoxy) is 1. The molecule has 1 unspecified atom stereocenters. The van der Waals surface area contributed by atoms with Crippen molar-refractivity contribution in [1.29, 1.82) is 0 Å². The maximum absolute atomic E-state index is 13.5. The molecule has 4 nitrogen and oxygen atoms in total. The van der Waals surface area contributed by atoms with E-state index in [0.717, 1.165) is 18.2 Å². The third-order valence-electron chi connectivity index (χ3n) is 2.56. The van der Waals surface area contributed by atoms with Crippen LogP contribution in [0.25, 0.3) is 0 Å². The summed E-state index contributed by atoms with van der Waals surface area (Å²) in [4.78, 5) is 23.3. The van der Waals surface area contributed by atoms with Gasteiger partial charge in [-0.3, -0.25) is 9.59 Å². The molecule has 0 bridgehead atoms. The number of methoxy groups -OCH3 is 1. The van der Waals surface area contributed by atoms with Crippen LogP contribution in [0, 0.1) is 11.6 Å². The Morgan fingerprint density at radius 3 is 2.63 bits per heavy atom. The number of nitrogens with one attached hydrogen (secondary N) is 1. The summed E-state index contributed by atoms with van der Waals surface area (Å²) in [7, 11) is 1.19. The molecule has 0 heterocycles. The Labute approximate surface area is 109 Å². The summed E-state index contributed by atoms with van der Waals surface area (Å²) in [6, 6.07) is 1.69. The highest BCUT2D eigenvalue weighted by Crippen LogP contribution is 2.13. The van der Waals surface area contributed by atoms with Gasteiger partial charge < -0.3 is 10.1 Å². The van der Waals surface area contributed by atoms with Gasteiger partial charge in [0.2, 0.25) is 0 Å². The van der Waals surface area contributed by atoms with E-state index >= 15 is 0 Å². The molecule has 0 aliphatic rings. The summed E-state index contributed by atoms with van der Waals surface area (Å²) in [5, 5.41) is 2.75. The largest absolute Gasteiger partial charge is 0.469 e. The van der Waals surface area contributed by atoms with Crippen LogP contribution in [0.15, 0.2) is 18.2 Å². The first-order valence-corrected chi connectivity index (χ1v) is 5.79. The van der Waals surface area contributed by atoms with Crippen LogP contribution in [0.5, 0.6) is 0 Å². The lowest BCUT2D eigenvalue weighted by atomic mass is 10.0. The molecule has 19 heavy (non-hydrogen) atoms. The van der Waals surface area contributed by atoms with Crippen molar-refractivity contribution in [1.82, 2.24) is 5.32 Å². The fourth-order valence-corrected chi connectivity index (χ4v) is 1.63. The molecule has 0 fully saturated rings. The van der Waals surface area contributed by atoms with Gasteiger partial charge in [0.25, 0.3) is 0 Å². The van der Waals surface area contributed by atoms with Crippen LogP contribution in [0.3, 0.4) is 0 Å². The second kappa shape index (κ2) is 6.94. The summed E-state index contributed by atoms with van der Waals surface area (Å²) >= 11 is 0. The first-order chi connectivity index (χ1) is 8.99. The number of carbonyl (C=O) groups is 2. The van der Waals surface area contributed by atoms with Gasteiger partial charge >= 0.3 is 5.97 Å². The summed E-state index contributed by atoms with van der Waals surface area (Å²) in [6.45, 7) is 2.14. The number of carbonyl (C=O) groups excluding carboxylic acids is 2. The molecule has 0 amide bonds. The van der Waals surface area contributed by atoms with Gasteiger partial charge in [0.15, 0.2) is 5.78 Å². The Morgan fingerprint density at radius 2 is 2.05 bits per heavy atom. The van der Waals surface area contributed by atoms with E-state index in [9.17, 15) is 18.4 Å². The van der Waals surface area contributed by atoms with Gasteiger partial charge in [0.05, 0.1) is 25.1 Å². The number of hydrogen-bond acceptors (Lipinski definition) is 4. The Bertz CT molecular complexity index is 477. The fourth-order valence-electron chi connectivity index (χ4n) is 1.63. The van der Waals surface area contributed by atoms with Crippen LogP contribution in [-0.2, 0) is 9.53 Å². The molecule has 0 spiro atoms. The monoisotopic (exact) mass is 271 g/mol. The highest BCUT2D eigenvalue weighted by Gasteiger charge is 2.25. The van der Waals surface area contributed by atoms with Gasteiger partial charge in [-0.1, -0.05) is 6.92 Å². The second-order valence-electron chi connectivity index (χ2n) is 3.88. The molecule has 104 valence electrons. The van der Waals surface area contributed by atoms with Crippen LogP contribution in [0.1, 0.15) is 23.7 Å². The van der Waals surface area contributed by atoms with Crippen molar-refractivity contribution < 1.29 is 23.1 Å². The number of ketones is 1. The molecule has 0 radical (unpaired) electrons. The van der Waals surface area contributed by atoms with Gasteiger partial charge in [0, 0.05) is 0 Å². The lowest BCUT2D eigenvalue weighted by Crippen LogP contribution is -2.39. The van der Waals surface area contributed by atoms with Crippen LogP contribution in [0.4, 0.5) is 8.78 Å². The minimum absolute atomic E-state index is 0.237. The van der Waals surface area contributed by atoms with E-state index in [1.807, 2.05) is 0 Å². The predicted molar refractivity (Wildman–Crippen MR) is 64.8 cm³/mol. The minimum Gasteiger partial charge on any atom is -0.469 e. The van der Waals surface area contributed by atoms with Crippen molar-refractivity contribution in [2.24, 2.45) is 0 Å². The Balaban J connectivity index is 2.98. The Hall–Kier alpha value is -1.82. The topological polar surface area (TPSA) is 55.4 Å². The molecular formula is C13H15F2NO3. The van der Waals surface area contributed by atoms with Crippen molar-refractivity contribution in [2.45, 2.75) is 19.4 Å². The van der Waals surface area contributed by atoms with E-state index in [1.165, 1.54) is 7.11 Å². The summed E-state index contributed by atoms with van der Waals surface area (Å²) < 4.78 is 31.0. The summed E-state index contributed by atoms with van der Waals surface area (Å²) in [5.41, 5.74) is -0.380. The number of benzene rings is 1. The van der Waals surface area contributed by atoms with Crippen molar-refractivity contribution in [2.75, 3.05) is 13.7 Å². The summed E-state index contributed by atoms with van der Waals surface area (Å²) in [6.07, 6.45) is -0.237. The summed E-state index contributed by atoms with van der Waals surface area (Å²) in [5.74, 6) is -2.81. The van der Waals surface area contributed by atoms with Crippen LogP contribution in [0.2, 0.25) is 0 Å². The second-order valence-corrected chi connectivity index (χ2v) is 3.88. The van der Waals surface area contributed by atoms with E-state index in [1.54, 1.807) is 6.92 Å². The first kappa shape index (κ1) is 15.2. The Kier molecular flexibility index (Phi) is 5.57. The lowest BCUT2D eigenvalue weighted by Gasteiger charge is -2.15. The molecule has 1 N–H and O–H groups in total. The molecule has 6 heteroatoms. The van der Waals surface area contributed by atoms with E-state index < -0.39 is 29.4 Å². The predicted octanol–water partition coefficient (Wildman–Crippen LogP) is 1.69. The van der Waals surface area contributed by atoms with Crippen molar-refractivity contribution in [3.8, 4) is 0 Å². The zero-order valence-corrected chi connectivity index (χ0v) is 10.7. The third kappa shape index (κ3) is 4.10. The number of Topliss-reactive ketones (excluding diaryl/α,β-unsaturated/α-hetero) is 1. The molecular weight excluding hydrogens is 256 g/mol. The quantitative estimate of drug-likeness (QED) is 0.632. The molecule has 0 saturated heterocycles. The van der Waals surface area contributed by atoms with Crippen LogP contribution in [-0.4, -0.2) is 31.4 Å². The molecule has 1 aromatic rings. The SMILES string of the molecule is CCNC(CC(=O)OC)C(=O)c1cc(F)ccc1F. The highest BCUT2D eigenvalue weighted by atomic mass is 19.1. The normalized spacial score (nSPS) is 12.0. The average Bonchev–Trinajstić information content (AvgIpc) is 2.40. The van der Waals surface area contributed by atoms with Crippen LogP contribution < -0.4 is 5.32 Å². The molecule has 0 aliphatic carbocycles. The lowest BCUT2D eigenvalue weighted by molar-refractivity contribution is -0.140. The van der Waals surface area contributed by atoms with Gasteiger partial charge in [-0.05, 0) is 24.7 Å². The molecule has 0 aliphatic heterocycles. The number of likely N-dealkylation sites (N-methyl/N-ethyl adjacent to an activating group) is 1. The van der Waals surface area contributed by atoms with Gasteiger partial charge in [-0.2, -0.15) is 0 Å². The van der Waals surface area contributed by atoms with E-state index in [2.05, 4.69) is 10.1 Å². The van der Waals surface area contributed by atoms with Gasteiger partial charge in [-0.25, -0.2) is 8.78 Å². The number of halogens is 2. The van der Waals surface area contributed by atoms with Gasteiger partial charge in [-0.15, -0.1) is 0 Å².